The van der Waals surface area contributed by atoms with Crippen LogP contribution in [0.15, 0.2) is 71.1 Å². The Morgan fingerprint density at radius 3 is 2.57 bits per heavy atom. The zero-order chi connectivity index (χ0) is 20.5. The van der Waals surface area contributed by atoms with Crippen molar-refractivity contribution in [1.29, 1.82) is 0 Å². The van der Waals surface area contributed by atoms with Crippen LogP contribution in [0.2, 0.25) is 0 Å². The molecule has 5 rings (SSSR count). The standard InChI is InChI=1S/C24H22N4O2/c1-27-21(15-19(26-27)18-10-6-3-7-11-18)24(29)28-13-12-22-20(16-28)25-23(30-22)14-17-8-4-2-5-9-17/h2-11,15H,12-14,16H2,1H3. The molecule has 0 radical (unpaired) electrons. The van der Waals surface area contributed by atoms with Crippen LogP contribution in [0.4, 0.5) is 0 Å². The molecular weight excluding hydrogens is 376 g/mol. The summed E-state index contributed by atoms with van der Waals surface area (Å²) < 4.78 is 7.62. The van der Waals surface area contributed by atoms with Gasteiger partial charge in [0.1, 0.15) is 17.1 Å². The van der Waals surface area contributed by atoms with E-state index >= 15 is 0 Å². The van der Waals surface area contributed by atoms with E-state index in [1.807, 2.05) is 66.5 Å². The molecule has 0 bridgehead atoms. The second-order valence-corrected chi connectivity index (χ2v) is 7.52. The van der Waals surface area contributed by atoms with E-state index in [-0.39, 0.29) is 5.91 Å². The summed E-state index contributed by atoms with van der Waals surface area (Å²) in [5, 5.41) is 4.53. The Labute approximate surface area is 174 Å². The maximum Gasteiger partial charge on any atom is 0.272 e. The molecule has 1 amide bonds. The van der Waals surface area contributed by atoms with Crippen molar-refractivity contribution >= 4 is 5.91 Å². The summed E-state index contributed by atoms with van der Waals surface area (Å²) in [5.74, 6) is 1.55. The normalized spacial score (nSPS) is 13.3. The van der Waals surface area contributed by atoms with Gasteiger partial charge in [0.25, 0.3) is 5.91 Å². The molecule has 0 atom stereocenters. The molecule has 6 heteroatoms. The summed E-state index contributed by atoms with van der Waals surface area (Å²) in [4.78, 5) is 19.7. The molecule has 0 unspecified atom stereocenters. The largest absolute Gasteiger partial charge is 0.445 e. The Hall–Kier alpha value is -3.67. The van der Waals surface area contributed by atoms with Gasteiger partial charge in [0, 0.05) is 32.0 Å². The fourth-order valence-electron chi connectivity index (χ4n) is 3.85. The minimum atomic E-state index is -0.0366. The summed E-state index contributed by atoms with van der Waals surface area (Å²) >= 11 is 0. The highest BCUT2D eigenvalue weighted by atomic mass is 16.4. The molecule has 0 fully saturated rings. The lowest BCUT2D eigenvalue weighted by Gasteiger charge is -2.25. The lowest BCUT2D eigenvalue weighted by Crippen LogP contribution is -2.36. The molecular formula is C24H22N4O2. The summed E-state index contributed by atoms with van der Waals surface area (Å²) in [5.41, 5.74) is 4.38. The highest BCUT2D eigenvalue weighted by molar-refractivity contribution is 5.93. The van der Waals surface area contributed by atoms with Gasteiger partial charge in [0.15, 0.2) is 5.89 Å². The lowest BCUT2D eigenvalue weighted by molar-refractivity contribution is 0.0716. The molecule has 0 saturated heterocycles. The number of hydrogen-bond acceptors (Lipinski definition) is 4. The van der Waals surface area contributed by atoms with Crippen molar-refractivity contribution in [2.24, 2.45) is 7.05 Å². The quantitative estimate of drug-likeness (QED) is 0.524. The number of aryl methyl sites for hydroxylation is 1. The van der Waals surface area contributed by atoms with Gasteiger partial charge in [-0.15, -0.1) is 0 Å². The van der Waals surface area contributed by atoms with Gasteiger partial charge >= 0.3 is 0 Å². The van der Waals surface area contributed by atoms with Gasteiger partial charge in [0.05, 0.1) is 12.2 Å². The Morgan fingerprint density at radius 2 is 1.80 bits per heavy atom. The van der Waals surface area contributed by atoms with Crippen LogP contribution in [0.5, 0.6) is 0 Å². The lowest BCUT2D eigenvalue weighted by atomic mass is 10.1. The first-order valence-electron chi connectivity index (χ1n) is 10.1. The molecule has 4 aromatic rings. The van der Waals surface area contributed by atoms with Crippen LogP contribution in [-0.4, -0.2) is 32.1 Å². The van der Waals surface area contributed by atoms with Gasteiger partial charge in [-0.3, -0.25) is 9.48 Å². The fraction of sp³-hybridized carbons (Fsp3) is 0.208. The molecule has 6 nitrogen and oxygen atoms in total. The average molecular weight is 398 g/mol. The van der Waals surface area contributed by atoms with Crippen molar-refractivity contribution in [2.45, 2.75) is 19.4 Å². The van der Waals surface area contributed by atoms with E-state index in [9.17, 15) is 4.79 Å². The number of carbonyl (C=O) groups excluding carboxylic acids is 1. The van der Waals surface area contributed by atoms with Crippen molar-refractivity contribution in [3.05, 3.63) is 95.3 Å². The molecule has 0 spiro atoms. The molecule has 1 aliphatic rings. The summed E-state index contributed by atoms with van der Waals surface area (Å²) in [6.07, 6.45) is 1.33. The first kappa shape index (κ1) is 18.4. The second kappa shape index (κ2) is 7.63. The maximum atomic E-state index is 13.2. The molecule has 0 saturated carbocycles. The maximum absolute atomic E-state index is 13.2. The predicted octanol–water partition coefficient (Wildman–Crippen LogP) is 3.86. The Kier molecular flexibility index (Phi) is 4.67. The van der Waals surface area contributed by atoms with Gasteiger partial charge in [-0.1, -0.05) is 60.7 Å². The van der Waals surface area contributed by atoms with Crippen molar-refractivity contribution in [3.63, 3.8) is 0 Å². The van der Waals surface area contributed by atoms with Gasteiger partial charge in [-0.05, 0) is 11.6 Å². The smallest absolute Gasteiger partial charge is 0.272 e. The molecule has 1 aliphatic heterocycles. The first-order chi connectivity index (χ1) is 14.7. The van der Waals surface area contributed by atoms with Crippen molar-refractivity contribution in [1.82, 2.24) is 19.7 Å². The van der Waals surface area contributed by atoms with E-state index in [2.05, 4.69) is 22.2 Å². The third-order valence-electron chi connectivity index (χ3n) is 5.43. The number of rotatable bonds is 4. The van der Waals surface area contributed by atoms with Crippen LogP contribution < -0.4 is 0 Å². The van der Waals surface area contributed by atoms with Gasteiger partial charge < -0.3 is 9.32 Å². The number of amides is 1. The third-order valence-corrected chi connectivity index (χ3v) is 5.43. The SMILES string of the molecule is Cn1nc(-c2ccccc2)cc1C(=O)N1CCc2oc(Cc3ccccc3)nc2C1. The van der Waals surface area contributed by atoms with Crippen molar-refractivity contribution in [3.8, 4) is 11.3 Å². The first-order valence-corrected chi connectivity index (χ1v) is 10.1. The molecule has 2 aromatic heterocycles. The molecule has 0 N–H and O–H groups in total. The molecule has 150 valence electrons. The van der Waals surface area contributed by atoms with Crippen molar-refractivity contribution in [2.75, 3.05) is 6.54 Å². The second-order valence-electron chi connectivity index (χ2n) is 7.52. The Balaban J connectivity index is 1.34. The monoisotopic (exact) mass is 398 g/mol. The van der Waals surface area contributed by atoms with Crippen LogP contribution >= 0.6 is 0 Å². The van der Waals surface area contributed by atoms with Gasteiger partial charge in [-0.2, -0.15) is 5.10 Å². The minimum absolute atomic E-state index is 0.0366. The molecule has 0 aliphatic carbocycles. The summed E-state index contributed by atoms with van der Waals surface area (Å²) in [6, 6.07) is 21.9. The van der Waals surface area contributed by atoms with Crippen LogP contribution in [0.1, 0.15) is 33.4 Å². The van der Waals surface area contributed by atoms with E-state index in [4.69, 9.17) is 4.42 Å². The van der Waals surface area contributed by atoms with Crippen LogP contribution in [0.25, 0.3) is 11.3 Å². The van der Waals surface area contributed by atoms with E-state index in [0.29, 0.717) is 37.5 Å². The number of aromatic nitrogens is 3. The number of carbonyl (C=O) groups is 1. The Bertz CT molecular complexity index is 1180. The van der Waals surface area contributed by atoms with Gasteiger partial charge in [-0.25, -0.2) is 4.98 Å². The zero-order valence-corrected chi connectivity index (χ0v) is 16.8. The fourth-order valence-corrected chi connectivity index (χ4v) is 3.85. The number of hydrogen-bond donors (Lipinski definition) is 0. The third kappa shape index (κ3) is 3.52. The number of benzene rings is 2. The predicted molar refractivity (Wildman–Crippen MR) is 113 cm³/mol. The van der Waals surface area contributed by atoms with Crippen LogP contribution in [0.3, 0.4) is 0 Å². The van der Waals surface area contributed by atoms with Gasteiger partial charge in [0.2, 0.25) is 0 Å². The minimum Gasteiger partial charge on any atom is -0.445 e. The number of nitrogens with zero attached hydrogens (tertiary/aromatic N) is 4. The van der Waals surface area contributed by atoms with E-state index in [1.165, 1.54) is 0 Å². The molecule has 30 heavy (non-hydrogen) atoms. The van der Waals surface area contributed by atoms with E-state index < -0.39 is 0 Å². The molecule has 2 aromatic carbocycles. The van der Waals surface area contributed by atoms with Crippen molar-refractivity contribution < 1.29 is 9.21 Å². The summed E-state index contributed by atoms with van der Waals surface area (Å²) in [6.45, 7) is 1.07. The topological polar surface area (TPSA) is 64.2 Å². The Morgan fingerprint density at radius 1 is 1.07 bits per heavy atom. The summed E-state index contributed by atoms with van der Waals surface area (Å²) in [7, 11) is 1.81. The van der Waals surface area contributed by atoms with E-state index in [1.54, 1.807) is 4.68 Å². The molecule has 3 heterocycles. The van der Waals surface area contributed by atoms with Crippen LogP contribution in [-0.2, 0) is 26.4 Å². The highest BCUT2D eigenvalue weighted by Crippen LogP contribution is 2.24. The average Bonchev–Trinajstić information content (AvgIpc) is 3.36. The zero-order valence-electron chi connectivity index (χ0n) is 16.8. The van der Waals surface area contributed by atoms with Crippen LogP contribution in [0, 0.1) is 0 Å². The number of oxazole rings is 1. The highest BCUT2D eigenvalue weighted by Gasteiger charge is 2.28. The number of fused-ring (bicyclic) bond motifs is 1. The van der Waals surface area contributed by atoms with E-state index in [0.717, 1.165) is 28.3 Å².